The minimum Gasteiger partial charge on any atom is -0.364 e. The molecular formula is C18H19N5. The van der Waals surface area contributed by atoms with E-state index in [0.29, 0.717) is 6.04 Å². The van der Waals surface area contributed by atoms with Gasteiger partial charge in [0.15, 0.2) is 0 Å². The lowest BCUT2D eigenvalue weighted by Gasteiger charge is -2.33. The Labute approximate surface area is 135 Å². The van der Waals surface area contributed by atoms with Gasteiger partial charge in [-0.3, -0.25) is 0 Å². The SMILES string of the molecule is CC(C)N1Cc2ccccc2-c2c(nnn2N)-c2ccccc21. The fourth-order valence-corrected chi connectivity index (χ4v) is 3.27. The second-order valence-electron chi connectivity index (χ2n) is 6.13. The Bertz CT molecular complexity index is 865. The minimum absolute atomic E-state index is 0.374. The molecule has 3 aromatic rings. The molecule has 4 rings (SSSR count). The average molecular weight is 305 g/mol. The summed E-state index contributed by atoms with van der Waals surface area (Å²) in [5, 5.41) is 8.43. The molecule has 116 valence electrons. The fraction of sp³-hybridized carbons (Fsp3) is 0.222. The topological polar surface area (TPSA) is 60.0 Å². The Balaban J connectivity index is 2.08. The lowest BCUT2D eigenvalue weighted by molar-refractivity contribution is 0.682. The van der Waals surface area contributed by atoms with Crippen molar-refractivity contribution in [2.45, 2.75) is 26.4 Å². The molecule has 1 aliphatic heterocycles. The number of nitrogens with two attached hydrogens (primary N) is 1. The molecule has 2 N–H and O–H groups in total. The third kappa shape index (κ3) is 2.08. The number of aromatic nitrogens is 3. The van der Waals surface area contributed by atoms with Crippen LogP contribution < -0.4 is 10.7 Å². The zero-order valence-corrected chi connectivity index (χ0v) is 13.3. The first-order valence-electron chi connectivity index (χ1n) is 7.82. The molecule has 0 radical (unpaired) electrons. The summed E-state index contributed by atoms with van der Waals surface area (Å²) in [5.41, 5.74) is 6.26. The van der Waals surface area contributed by atoms with Crippen molar-refractivity contribution in [3.8, 4) is 22.5 Å². The van der Waals surface area contributed by atoms with Gasteiger partial charge in [0.2, 0.25) is 0 Å². The van der Waals surface area contributed by atoms with Crippen molar-refractivity contribution in [2.24, 2.45) is 0 Å². The predicted molar refractivity (Wildman–Crippen MR) is 92.4 cm³/mol. The minimum atomic E-state index is 0.374. The number of hydrogen-bond donors (Lipinski definition) is 1. The van der Waals surface area contributed by atoms with E-state index in [-0.39, 0.29) is 0 Å². The van der Waals surface area contributed by atoms with Crippen LogP contribution in [0.5, 0.6) is 0 Å². The van der Waals surface area contributed by atoms with Gasteiger partial charge in [0, 0.05) is 29.4 Å². The maximum Gasteiger partial charge on any atom is 0.125 e. The van der Waals surface area contributed by atoms with Crippen molar-refractivity contribution < 1.29 is 0 Å². The molecule has 2 aromatic carbocycles. The van der Waals surface area contributed by atoms with Crippen LogP contribution in [-0.4, -0.2) is 21.1 Å². The highest BCUT2D eigenvalue weighted by Crippen LogP contribution is 2.40. The van der Waals surface area contributed by atoms with Gasteiger partial charge in [0.1, 0.15) is 11.4 Å². The molecule has 0 amide bonds. The van der Waals surface area contributed by atoms with Crippen molar-refractivity contribution in [2.75, 3.05) is 10.7 Å². The zero-order valence-electron chi connectivity index (χ0n) is 13.3. The van der Waals surface area contributed by atoms with Crippen molar-refractivity contribution in [3.63, 3.8) is 0 Å². The van der Waals surface area contributed by atoms with Gasteiger partial charge in [0.05, 0.1) is 0 Å². The Kier molecular flexibility index (Phi) is 3.08. The van der Waals surface area contributed by atoms with Crippen LogP contribution in [0.3, 0.4) is 0 Å². The highest BCUT2D eigenvalue weighted by Gasteiger charge is 2.26. The second-order valence-corrected chi connectivity index (χ2v) is 6.13. The van der Waals surface area contributed by atoms with Gasteiger partial charge < -0.3 is 10.7 Å². The van der Waals surface area contributed by atoms with Crippen LogP contribution >= 0.6 is 0 Å². The first-order valence-corrected chi connectivity index (χ1v) is 7.82. The molecule has 0 aliphatic carbocycles. The number of rotatable bonds is 1. The van der Waals surface area contributed by atoms with Gasteiger partial charge >= 0.3 is 0 Å². The van der Waals surface area contributed by atoms with E-state index >= 15 is 0 Å². The third-order valence-corrected chi connectivity index (χ3v) is 4.40. The molecule has 0 fully saturated rings. The van der Waals surface area contributed by atoms with Gasteiger partial charge in [-0.2, -0.15) is 4.79 Å². The smallest absolute Gasteiger partial charge is 0.125 e. The van der Waals surface area contributed by atoms with E-state index in [9.17, 15) is 0 Å². The maximum absolute atomic E-state index is 6.08. The first-order chi connectivity index (χ1) is 11.2. The number of fused-ring (bicyclic) bond motifs is 5. The molecule has 5 nitrogen and oxygen atoms in total. The molecule has 23 heavy (non-hydrogen) atoms. The molecule has 0 spiro atoms. The van der Waals surface area contributed by atoms with Crippen LogP contribution in [0.15, 0.2) is 48.5 Å². The predicted octanol–water partition coefficient (Wildman–Crippen LogP) is 3.05. The highest BCUT2D eigenvalue weighted by atomic mass is 15.6. The van der Waals surface area contributed by atoms with Crippen molar-refractivity contribution in [1.82, 2.24) is 15.1 Å². The van der Waals surface area contributed by atoms with E-state index in [1.807, 2.05) is 12.1 Å². The maximum atomic E-state index is 6.08. The van der Waals surface area contributed by atoms with E-state index < -0.39 is 0 Å². The molecule has 0 bridgehead atoms. The lowest BCUT2D eigenvalue weighted by atomic mass is 9.95. The molecule has 1 aliphatic rings. The molecule has 5 heteroatoms. The molecule has 0 atom stereocenters. The molecule has 0 unspecified atom stereocenters. The largest absolute Gasteiger partial charge is 0.364 e. The standard InChI is InChI=1S/C18H19N5/c1-12(2)22-11-13-7-3-4-8-14(13)18-17(20-21-23(18)19)15-9-5-6-10-16(15)22/h3-10,12H,11,19H2,1-2H3. The number of para-hydroxylation sites is 1. The van der Waals surface area contributed by atoms with Gasteiger partial charge in [-0.05, 0) is 30.7 Å². The normalized spacial score (nSPS) is 13.1. The van der Waals surface area contributed by atoms with E-state index in [2.05, 4.69) is 65.5 Å². The van der Waals surface area contributed by atoms with Gasteiger partial charge in [-0.1, -0.05) is 42.5 Å². The summed E-state index contributed by atoms with van der Waals surface area (Å²) in [5.74, 6) is 6.08. The summed E-state index contributed by atoms with van der Waals surface area (Å²) in [7, 11) is 0. The van der Waals surface area contributed by atoms with E-state index in [1.165, 1.54) is 16.0 Å². The number of anilines is 1. The van der Waals surface area contributed by atoms with Crippen molar-refractivity contribution in [1.29, 1.82) is 0 Å². The third-order valence-electron chi connectivity index (χ3n) is 4.40. The first kappa shape index (κ1) is 13.8. The van der Waals surface area contributed by atoms with E-state index in [4.69, 9.17) is 5.84 Å². The monoisotopic (exact) mass is 305 g/mol. The Morgan fingerprint density at radius 2 is 1.70 bits per heavy atom. The summed E-state index contributed by atoms with van der Waals surface area (Å²) in [6.07, 6.45) is 0. The van der Waals surface area contributed by atoms with Crippen LogP contribution in [0.1, 0.15) is 19.4 Å². The number of hydrogen-bond acceptors (Lipinski definition) is 4. The van der Waals surface area contributed by atoms with Gasteiger partial charge in [-0.25, -0.2) is 0 Å². The summed E-state index contributed by atoms with van der Waals surface area (Å²) < 4.78 is 0. The fourth-order valence-electron chi connectivity index (χ4n) is 3.27. The molecule has 1 aromatic heterocycles. The van der Waals surface area contributed by atoms with Crippen LogP contribution in [0, 0.1) is 0 Å². The Morgan fingerprint density at radius 3 is 2.48 bits per heavy atom. The van der Waals surface area contributed by atoms with Crippen LogP contribution in [0.25, 0.3) is 22.5 Å². The second kappa shape index (κ2) is 5.12. The molecule has 0 saturated heterocycles. The van der Waals surface area contributed by atoms with Crippen LogP contribution in [0.4, 0.5) is 5.69 Å². The molecule has 2 heterocycles. The Hall–Kier alpha value is -2.82. The number of nitrogen functional groups attached to an aromatic ring is 1. The average Bonchev–Trinajstić information content (AvgIpc) is 2.92. The van der Waals surface area contributed by atoms with Crippen LogP contribution in [0.2, 0.25) is 0 Å². The number of nitrogens with zero attached hydrogens (tertiary/aromatic N) is 4. The highest BCUT2D eigenvalue weighted by molar-refractivity contribution is 5.88. The molecular weight excluding hydrogens is 286 g/mol. The summed E-state index contributed by atoms with van der Waals surface area (Å²) in [6, 6.07) is 17.0. The Morgan fingerprint density at radius 1 is 1.00 bits per heavy atom. The quantitative estimate of drug-likeness (QED) is 0.702. The van der Waals surface area contributed by atoms with E-state index in [1.54, 1.807) is 0 Å². The van der Waals surface area contributed by atoms with Crippen molar-refractivity contribution in [3.05, 3.63) is 54.1 Å². The van der Waals surface area contributed by atoms with E-state index in [0.717, 1.165) is 29.1 Å². The van der Waals surface area contributed by atoms with Crippen LogP contribution in [-0.2, 0) is 6.54 Å². The zero-order chi connectivity index (χ0) is 16.0. The van der Waals surface area contributed by atoms with Crippen molar-refractivity contribution >= 4 is 5.69 Å². The summed E-state index contributed by atoms with van der Waals surface area (Å²) in [4.78, 5) is 3.78. The van der Waals surface area contributed by atoms with Gasteiger partial charge in [-0.15, -0.1) is 5.10 Å². The number of benzene rings is 2. The summed E-state index contributed by atoms with van der Waals surface area (Å²) >= 11 is 0. The van der Waals surface area contributed by atoms with Gasteiger partial charge in [0.25, 0.3) is 0 Å². The lowest BCUT2D eigenvalue weighted by Crippen LogP contribution is -2.31. The summed E-state index contributed by atoms with van der Waals surface area (Å²) in [6.45, 7) is 5.25. The molecule has 0 saturated carbocycles.